The first-order chi connectivity index (χ1) is 4.62. The van der Waals surface area contributed by atoms with E-state index in [2.05, 4.69) is 26.8 Å². The van der Waals surface area contributed by atoms with Crippen molar-refractivity contribution >= 4 is 0 Å². The van der Waals surface area contributed by atoms with Crippen molar-refractivity contribution < 1.29 is 0 Å². The molecule has 2 atom stereocenters. The molecule has 0 bridgehead atoms. The van der Waals surface area contributed by atoms with E-state index in [0.29, 0.717) is 5.41 Å². The highest BCUT2D eigenvalue weighted by atomic mass is 14.6. The fraction of sp³-hybridized carbons (Fsp3) is 0.800. The quantitative estimate of drug-likeness (QED) is 0.449. The first-order valence-corrected chi connectivity index (χ1v) is 4.28. The number of rotatable bonds is 0. The normalized spacial score (nSPS) is 42.1. The van der Waals surface area contributed by atoms with Crippen molar-refractivity contribution in [3.05, 3.63) is 11.6 Å². The number of hydrogen-bond donors (Lipinski definition) is 0. The molecule has 2 rings (SSSR count). The van der Waals surface area contributed by atoms with E-state index < -0.39 is 0 Å². The summed E-state index contributed by atoms with van der Waals surface area (Å²) < 4.78 is 0. The second-order valence-electron chi connectivity index (χ2n) is 4.52. The summed E-state index contributed by atoms with van der Waals surface area (Å²) in [6, 6.07) is 0. The van der Waals surface area contributed by atoms with Crippen molar-refractivity contribution in [2.24, 2.45) is 17.3 Å². The van der Waals surface area contributed by atoms with Gasteiger partial charge in [-0.15, -0.1) is 0 Å². The maximum absolute atomic E-state index is 2.43. The van der Waals surface area contributed by atoms with Crippen LogP contribution < -0.4 is 0 Å². The van der Waals surface area contributed by atoms with Crippen LogP contribution in [0.2, 0.25) is 0 Å². The lowest BCUT2D eigenvalue weighted by atomic mass is 10.0. The SMILES string of the molecule is CC1=CCC2[C@H](C1)C2(C)C. The molecule has 0 saturated heterocycles. The molecule has 0 N–H and O–H groups in total. The summed E-state index contributed by atoms with van der Waals surface area (Å²) in [7, 11) is 0. The maximum atomic E-state index is 2.43. The lowest BCUT2D eigenvalue weighted by Crippen LogP contribution is -1.90. The molecular formula is C10H16. The zero-order valence-corrected chi connectivity index (χ0v) is 7.15. The van der Waals surface area contributed by atoms with Gasteiger partial charge in [-0.2, -0.15) is 0 Å². The highest BCUT2D eigenvalue weighted by molar-refractivity contribution is 5.18. The molecule has 1 saturated carbocycles. The Balaban J connectivity index is 2.13. The second-order valence-corrected chi connectivity index (χ2v) is 4.52. The van der Waals surface area contributed by atoms with Crippen molar-refractivity contribution in [3.8, 4) is 0 Å². The van der Waals surface area contributed by atoms with E-state index in [0.717, 1.165) is 11.8 Å². The Kier molecular flexibility index (Phi) is 1.07. The molecule has 56 valence electrons. The van der Waals surface area contributed by atoms with Gasteiger partial charge in [-0.3, -0.25) is 0 Å². The molecule has 0 aromatic carbocycles. The van der Waals surface area contributed by atoms with Gasteiger partial charge < -0.3 is 0 Å². The molecule has 2 aliphatic carbocycles. The minimum atomic E-state index is 0.675. The Morgan fingerprint density at radius 3 is 2.60 bits per heavy atom. The van der Waals surface area contributed by atoms with Crippen LogP contribution in [0.25, 0.3) is 0 Å². The highest BCUT2D eigenvalue weighted by Crippen LogP contribution is 2.64. The zero-order valence-electron chi connectivity index (χ0n) is 7.15. The monoisotopic (exact) mass is 136 g/mol. The summed E-state index contributed by atoms with van der Waals surface area (Å²) >= 11 is 0. The van der Waals surface area contributed by atoms with Crippen LogP contribution in [0.15, 0.2) is 11.6 Å². The average molecular weight is 136 g/mol. The first kappa shape index (κ1) is 6.45. The van der Waals surface area contributed by atoms with Gasteiger partial charge in [0.25, 0.3) is 0 Å². The van der Waals surface area contributed by atoms with Crippen molar-refractivity contribution in [3.63, 3.8) is 0 Å². The molecule has 0 heteroatoms. The van der Waals surface area contributed by atoms with Crippen LogP contribution in [0.3, 0.4) is 0 Å². The van der Waals surface area contributed by atoms with Gasteiger partial charge in [0.1, 0.15) is 0 Å². The Bertz CT molecular complexity index is 186. The molecule has 1 unspecified atom stereocenters. The predicted molar refractivity (Wildman–Crippen MR) is 43.8 cm³/mol. The van der Waals surface area contributed by atoms with E-state index in [1.165, 1.54) is 12.8 Å². The van der Waals surface area contributed by atoms with E-state index in [1.54, 1.807) is 5.57 Å². The lowest BCUT2D eigenvalue weighted by Gasteiger charge is -2.05. The van der Waals surface area contributed by atoms with Gasteiger partial charge in [0.05, 0.1) is 0 Å². The van der Waals surface area contributed by atoms with Crippen LogP contribution in [0.5, 0.6) is 0 Å². The number of hydrogen-bond acceptors (Lipinski definition) is 0. The van der Waals surface area contributed by atoms with Gasteiger partial charge in [0, 0.05) is 0 Å². The summed E-state index contributed by atoms with van der Waals surface area (Å²) in [5.74, 6) is 2.05. The smallest absolute Gasteiger partial charge is 0.0286 e. The molecule has 1 fully saturated rings. The molecule has 0 aromatic heterocycles. The number of allylic oxidation sites excluding steroid dienone is 2. The van der Waals surface area contributed by atoms with Crippen LogP contribution in [0.4, 0.5) is 0 Å². The highest BCUT2D eigenvalue weighted by Gasteiger charge is 2.57. The fourth-order valence-corrected chi connectivity index (χ4v) is 2.49. The molecule has 0 amide bonds. The van der Waals surface area contributed by atoms with Crippen molar-refractivity contribution in [1.29, 1.82) is 0 Å². The van der Waals surface area contributed by atoms with E-state index in [-0.39, 0.29) is 0 Å². The minimum Gasteiger partial charge on any atom is -0.0853 e. The summed E-state index contributed by atoms with van der Waals surface area (Å²) in [5, 5.41) is 0. The largest absolute Gasteiger partial charge is 0.0853 e. The van der Waals surface area contributed by atoms with Gasteiger partial charge in [-0.05, 0) is 37.0 Å². The predicted octanol–water partition coefficient (Wildman–Crippen LogP) is 3.00. The van der Waals surface area contributed by atoms with Crippen molar-refractivity contribution in [2.75, 3.05) is 0 Å². The van der Waals surface area contributed by atoms with Crippen LogP contribution in [0.1, 0.15) is 33.6 Å². The summed E-state index contributed by atoms with van der Waals surface area (Å²) in [5.41, 5.74) is 2.29. The molecule has 0 heterocycles. The Labute approximate surface area is 63.3 Å². The maximum Gasteiger partial charge on any atom is -0.0286 e. The summed E-state index contributed by atoms with van der Waals surface area (Å²) in [6.07, 6.45) is 5.15. The lowest BCUT2D eigenvalue weighted by molar-refractivity contribution is 0.542. The Hall–Kier alpha value is -0.260. The summed E-state index contributed by atoms with van der Waals surface area (Å²) in [4.78, 5) is 0. The Morgan fingerprint density at radius 2 is 2.10 bits per heavy atom. The Morgan fingerprint density at radius 1 is 1.40 bits per heavy atom. The van der Waals surface area contributed by atoms with Gasteiger partial charge in [-0.1, -0.05) is 25.5 Å². The van der Waals surface area contributed by atoms with Crippen LogP contribution in [-0.4, -0.2) is 0 Å². The minimum absolute atomic E-state index is 0.675. The van der Waals surface area contributed by atoms with Gasteiger partial charge in [0.2, 0.25) is 0 Å². The molecule has 0 spiro atoms. The number of fused-ring (bicyclic) bond motifs is 1. The van der Waals surface area contributed by atoms with Crippen molar-refractivity contribution in [2.45, 2.75) is 33.6 Å². The van der Waals surface area contributed by atoms with E-state index in [1.807, 2.05) is 0 Å². The van der Waals surface area contributed by atoms with E-state index >= 15 is 0 Å². The van der Waals surface area contributed by atoms with E-state index in [9.17, 15) is 0 Å². The third-order valence-corrected chi connectivity index (χ3v) is 3.55. The standard InChI is InChI=1S/C10H16/c1-7-4-5-8-9(6-7)10(8,2)3/h4,8-9H,5-6H2,1-3H3/t8?,9-/m0/s1. The zero-order chi connectivity index (χ0) is 7.35. The third kappa shape index (κ3) is 0.680. The topological polar surface area (TPSA) is 0 Å². The summed E-state index contributed by atoms with van der Waals surface area (Å²) in [6.45, 7) is 7.09. The molecule has 10 heavy (non-hydrogen) atoms. The van der Waals surface area contributed by atoms with Crippen molar-refractivity contribution in [1.82, 2.24) is 0 Å². The van der Waals surface area contributed by atoms with Gasteiger partial charge >= 0.3 is 0 Å². The molecule has 0 aromatic rings. The fourth-order valence-electron chi connectivity index (χ4n) is 2.49. The van der Waals surface area contributed by atoms with E-state index in [4.69, 9.17) is 0 Å². The van der Waals surface area contributed by atoms with Gasteiger partial charge in [-0.25, -0.2) is 0 Å². The molecule has 0 nitrogen and oxygen atoms in total. The molecule has 0 radical (unpaired) electrons. The molecular weight excluding hydrogens is 120 g/mol. The third-order valence-electron chi connectivity index (χ3n) is 3.55. The van der Waals surface area contributed by atoms with Crippen LogP contribution in [-0.2, 0) is 0 Å². The molecule has 0 aliphatic heterocycles. The first-order valence-electron chi connectivity index (χ1n) is 4.28. The van der Waals surface area contributed by atoms with Crippen LogP contribution in [0, 0.1) is 17.3 Å². The van der Waals surface area contributed by atoms with Gasteiger partial charge in [0.15, 0.2) is 0 Å². The molecule has 2 aliphatic rings. The average Bonchev–Trinajstić information content (AvgIpc) is 2.36. The second kappa shape index (κ2) is 1.66. The van der Waals surface area contributed by atoms with Crippen LogP contribution >= 0.6 is 0 Å².